The molecule has 54 valence electrons. The molecule has 2 aliphatic rings. The Hall–Kier alpha value is -1.57. The van der Waals surface area contributed by atoms with Crippen LogP contribution < -0.4 is 5.73 Å². The van der Waals surface area contributed by atoms with E-state index in [1.54, 1.807) is 6.08 Å². The summed E-state index contributed by atoms with van der Waals surface area (Å²) in [7, 11) is 0. The third-order valence-corrected chi connectivity index (χ3v) is 1.85. The fourth-order valence-electron chi connectivity index (χ4n) is 1.28. The van der Waals surface area contributed by atoms with E-state index in [2.05, 4.69) is 0 Å². The molecule has 0 bridgehead atoms. The number of carbonyl (C=O) groups excluding carboxylic acids is 1. The lowest BCUT2D eigenvalue weighted by molar-refractivity contribution is -0.111. The van der Waals surface area contributed by atoms with Crippen LogP contribution >= 0.6 is 0 Å². The van der Waals surface area contributed by atoms with Crippen LogP contribution in [0.1, 0.15) is 0 Å². The number of nitrogens with two attached hydrogens (primary N) is 1. The van der Waals surface area contributed by atoms with E-state index in [9.17, 15) is 4.79 Å². The van der Waals surface area contributed by atoms with Gasteiger partial charge in [-0.2, -0.15) is 0 Å². The number of rotatable bonds is 0. The average molecular weight is 145 g/mol. The zero-order valence-electron chi connectivity index (χ0n) is 5.87. The van der Waals surface area contributed by atoms with Gasteiger partial charge in [-0.1, -0.05) is 18.2 Å². The Morgan fingerprint density at radius 2 is 2.27 bits per heavy atom. The highest BCUT2D eigenvalue weighted by molar-refractivity contribution is 6.18. The van der Waals surface area contributed by atoms with Crippen LogP contribution in [0, 0.1) is 0 Å². The van der Waals surface area contributed by atoms with Crippen molar-refractivity contribution < 1.29 is 4.79 Å². The van der Waals surface area contributed by atoms with Crippen molar-refractivity contribution in [1.29, 1.82) is 0 Å². The molecule has 11 heavy (non-hydrogen) atoms. The number of Topliss-reactive ketones (excluding diaryl/α,β-unsaturated/α-hetero) is 1. The number of hydrogen-bond acceptors (Lipinski definition) is 2. The Bertz CT molecular complexity index is 343. The highest BCUT2D eigenvalue weighted by Gasteiger charge is 2.24. The summed E-state index contributed by atoms with van der Waals surface area (Å²) in [5, 5.41) is 0. The van der Waals surface area contributed by atoms with Crippen LogP contribution in [0.5, 0.6) is 0 Å². The quantitative estimate of drug-likeness (QED) is 0.513. The molecule has 2 nitrogen and oxygen atoms in total. The average Bonchev–Trinajstić information content (AvgIpc) is 2.53. The predicted octanol–water partition coefficient (Wildman–Crippen LogP) is 0.834. The van der Waals surface area contributed by atoms with Crippen molar-refractivity contribution in [3.8, 4) is 0 Å². The van der Waals surface area contributed by atoms with Gasteiger partial charge in [-0.15, -0.1) is 0 Å². The molecule has 0 aromatic rings. The van der Waals surface area contributed by atoms with Crippen molar-refractivity contribution in [2.75, 3.05) is 0 Å². The van der Waals surface area contributed by atoms with Gasteiger partial charge in [0, 0.05) is 17.3 Å². The van der Waals surface area contributed by atoms with Crippen LogP contribution in [-0.4, -0.2) is 5.78 Å². The summed E-state index contributed by atoms with van der Waals surface area (Å²) in [6.45, 7) is 0. The maximum absolute atomic E-state index is 11.3. The van der Waals surface area contributed by atoms with Crippen LogP contribution in [0.4, 0.5) is 0 Å². The third kappa shape index (κ3) is 0.693. The molecule has 0 radical (unpaired) electrons. The molecular weight excluding hydrogens is 138 g/mol. The number of hydrogen-bond donors (Lipinski definition) is 1. The molecule has 0 spiro atoms. The van der Waals surface area contributed by atoms with E-state index >= 15 is 0 Å². The van der Waals surface area contributed by atoms with Gasteiger partial charge in [0.1, 0.15) is 0 Å². The second-order valence-electron chi connectivity index (χ2n) is 2.49. The minimum absolute atomic E-state index is 0.0347. The lowest BCUT2D eigenvalue weighted by Gasteiger charge is -1.90. The van der Waals surface area contributed by atoms with Gasteiger partial charge >= 0.3 is 0 Å². The van der Waals surface area contributed by atoms with E-state index in [0.29, 0.717) is 5.57 Å². The van der Waals surface area contributed by atoms with Gasteiger partial charge in [0.25, 0.3) is 0 Å². The molecule has 0 fully saturated rings. The summed E-state index contributed by atoms with van der Waals surface area (Å²) in [4.78, 5) is 11.3. The molecule has 0 aromatic carbocycles. The summed E-state index contributed by atoms with van der Waals surface area (Å²) < 4.78 is 0. The SMILES string of the molecule is NC=C1C=C2C=CC=C2C1=O. The Morgan fingerprint density at radius 3 is 2.91 bits per heavy atom. The van der Waals surface area contributed by atoms with Crippen molar-refractivity contribution >= 4 is 5.78 Å². The molecule has 2 heteroatoms. The van der Waals surface area contributed by atoms with Crippen molar-refractivity contribution in [2.24, 2.45) is 5.73 Å². The van der Waals surface area contributed by atoms with Gasteiger partial charge in [0.2, 0.25) is 0 Å². The molecule has 2 N–H and O–H groups in total. The summed E-state index contributed by atoms with van der Waals surface area (Å²) in [5.74, 6) is 0.0347. The highest BCUT2D eigenvalue weighted by Crippen LogP contribution is 2.29. The van der Waals surface area contributed by atoms with Gasteiger partial charge in [-0.05, 0) is 11.6 Å². The Labute approximate surface area is 64.4 Å². The summed E-state index contributed by atoms with van der Waals surface area (Å²) in [6, 6.07) is 0. The lowest BCUT2D eigenvalue weighted by Crippen LogP contribution is -1.98. The molecule has 2 rings (SSSR count). The van der Waals surface area contributed by atoms with Crippen LogP contribution in [0.3, 0.4) is 0 Å². The van der Waals surface area contributed by atoms with E-state index in [1.807, 2.05) is 18.2 Å². The first-order valence-electron chi connectivity index (χ1n) is 3.40. The Kier molecular flexibility index (Phi) is 1.09. The van der Waals surface area contributed by atoms with Crippen molar-refractivity contribution in [3.63, 3.8) is 0 Å². The molecule has 2 aliphatic carbocycles. The maximum Gasteiger partial charge on any atom is 0.195 e. The van der Waals surface area contributed by atoms with E-state index < -0.39 is 0 Å². The minimum Gasteiger partial charge on any atom is -0.404 e. The molecule has 0 aliphatic heterocycles. The summed E-state index contributed by atoms with van der Waals surface area (Å²) in [5.41, 5.74) is 7.59. The number of allylic oxidation sites excluding steroid dienone is 7. The van der Waals surface area contributed by atoms with Crippen molar-refractivity contribution in [3.05, 3.63) is 47.2 Å². The fourth-order valence-corrected chi connectivity index (χ4v) is 1.28. The zero-order chi connectivity index (χ0) is 7.84. The minimum atomic E-state index is 0.0347. The van der Waals surface area contributed by atoms with E-state index in [0.717, 1.165) is 11.1 Å². The lowest BCUT2D eigenvalue weighted by atomic mass is 10.1. The van der Waals surface area contributed by atoms with Crippen LogP contribution in [0.15, 0.2) is 47.2 Å². The molecule has 0 heterocycles. The van der Waals surface area contributed by atoms with Gasteiger partial charge in [0.05, 0.1) is 0 Å². The summed E-state index contributed by atoms with van der Waals surface area (Å²) >= 11 is 0. The molecular formula is C9H7NO. The summed E-state index contributed by atoms with van der Waals surface area (Å²) in [6.07, 6.45) is 8.74. The number of carbonyl (C=O) groups is 1. The van der Waals surface area contributed by atoms with Crippen molar-refractivity contribution in [2.45, 2.75) is 0 Å². The highest BCUT2D eigenvalue weighted by atomic mass is 16.1. The fraction of sp³-hybridized carbons (Fsp3) is 0. The van der Waals surface area contributed by atoms with Crippen LogP contribution in [0.2, 0.25) is 0 Å². The molecule has 0 saturated heterocycles. The van der Waals surface area contributed by atoms with Gasteiger partial charge in [0.15, 0.2) is 5.78 Å². The molecule has 0 unspecified atom stereocenters. The van der Waals surface area contributed by atoms with Crippen molar-refractivity contribution in [1.82, 2.24) is 0 Å². The topological polar surface area (TPSA) is 43.1 Å². The Balaban J connectivity index is 2.55. The van der Waals surface area contributed by atoms with E-state index in [1.165, 1.54) is 6.20 Å². The van der Waals surface area contributed by atoms with E-state index in [4.69, 9.17) is 5.73 Å². The first-order valence-corrected chi connectivity index (χ1v) is 3.40. The third-order valence-electron chi connectivity index (χ3n) is 1.85. The monoisotopic (exact) mass is 145 g/mol. The standard InChI is InChI=1S/C9H7NO/c10-5-7-4-6-2-1-3-8(6)9(7)11/h1-5H,10H2. The molecule has 0 aromatic heterocycles. The predicted molar refractivity (Wildman–Crippen MR) is 42.6 cm³/mol. The zero-order valence-corrected chi connectivity index (χ0v) is 5.87. The molecule has 0 saturated carbocycles. The number of fused-ring (bicyclic) bond motifs is 1. The van der Waals surface area contributed by atoms with Crippen LogP contribution in [-0.2, 0) is 4.79 Å². The van der Waals surface area contributed by atoms with Gasteiger partial charge in [-0.25, -0.2) is 0 Å². The smallest absolute Gasteiger partial charge is 0.195 e. The first kappa shape index (κ1) is 6.16. The second-order valence-corrected chi connectivity index (χ2v) is 2.49. The maximum atomic E-state index is 11.3. The number of ketones is 1. The largest absolute Gasteiger partial charge is 0.404 e. The van der Waals surface area contributed by atoms with Crippen LogP contribution in [0.25, 0.3) is 0 Å². The molecule has 0 amide bonds. The van der Waals surface area contributed by atoms with E-state index in [-0.39, 0.29) is 5.78 Å². The molecule has 0 atom stereocenters. The Morgan fingerprint density at radius 1 is 1.45 bits per heavy atom. The van der Waals surface area contributed by atoms with Gasteiger partial charge in [-0.3, -0.25) is 4.79 Å². The normalized spacial score (nSPS) is 24.0. The van der Waals surface area contributed by atoms with Gasteiger partial charge < -0.3 is 5.73 Å². The second kappa shape index (κ2) is 1.95. The first-order chi connectivity index (χ1) is 5.33.